The first kappa shape index (κ1) is 25.0. The number of rotatable bonds is 8. The molecule has 0 radical (unpaired) electrons. The molecule has 9 heteroatoms. The van der Waals surface area contributed by atoms with Gasteiger partial charge in [0.25, 0.3) is 0 Å². The van der Waals surface area contributed by atoms with Crippen LogP contribution in [0.3, 0.4) is 0 Å². The number of anilines is 1. The summed E-state index contributed by atoms with van der Waals surface area (Å²) in [5, 5.41) is 6.31. The molecule has 0 unspecified atom stereocenters. The maximum Gasteiger partial charge on any atom is 0.343 e. The number of amides is 2. The molecule has 9 nitrogen and oxygen atoms in total. The van der Waals surface area contributed by atoms with Gasteiger partial charge >= 0.3 is 17.8 Å². The van der Waals surface area contributed by atoms with Crippen molar-refractivity contribution in [1.29, 1.82) is 0 Å². The maximum atomic E-state index is 12.4. The molecule has 180 valence electrons. The third-order valence-corrected chi connectivity index (χ3v) is 4.92. The summed E-state index contributed by atoms with van der Waals surface area (Å²) in [6.07, 6.45) is 2.21. The molecular formula is C26H25N3O6. The number of hydrazone groups is 1. The zero-order chi connectivity index (χ0) is 25.2. The fourth-order valence-electron chi connectivity index (χ4n) is 2.96. The summed E-state index contributed by atoms with van der Waals surface area (Å²) >= 11 is 0. The van der Waals surface area contributed by atoms with E-state index in [0.717, 1.165) is 12.0 Å². The van der Waals surface area contributed by atoms with Gasteiger partial charge in [-0.25, -0.2) is 10.2 Å². The molecular weight excluding hydrogens is 450 g/mol. The first-order chi connectivity index (χ1) is 16.9. The molecule has 2 N–H and O–H groups in total. The highest BCUT2D eigenvalue weighted by atomic mass is 16.6. The van der Waals surface area contributed by atoms with Crippen LogP contribution in [0.1, 0.15) is 28.4 Å². The SMILES string of the molecule is CCc1ccc(NC(=O)C(=O)N/N=C\c2ccc(OC(=O)c3ccc(OC)cc3)c(OC)c2)cc1. The monoisotopic (exact) mass is 475 g/mol. The number of benzene rings is 3. The van der Waals surface area contributed by atoms with Gasteiger partial charge in [-0.1, -0.05) is 19.1 Å². The summed E-state index contributed by atoms with van der Waals surface area (Å²) in [5.41, 5.74) is 4.69. The number of methoxy groups -OCH3 is 2. The normalized spacial score (nSPS) is 10.5. The molecule has 0 atom stereocenters. The van der Waals surface area contributed by atoms with Crippen LogP contribution in [-0.4, -0.2) is 38.2 Å². The van der Waals surface area contributed by atoms with Crippen molar-refractivity contribution in [2.75, 3.05) is 19.5 Å². The summed E-state index contributed by atoms with van der Waals surface area (Å²) in [6, 6.07) is 18.4. The van der Waals surface area contributed by atoms with Crippen molar-refractivity contribution < 1.29 is 28.6 Å². The Morgan fingerprint density at radius 2 is 1.57 bits per heavy atom. The van der Waals surface area contributed by atoms with E-state index in [1.165, 1.54) is 26.5 Å². The molecule has 0 fully saturated rings. The van der Waals surface area contributed by atoms with Crippen LogP contribution in [0.2, 0.25) is 0 Å². The molecule has 0 aliphatic carbocycles. The Labute approximate surface area is 202 Å². The van der Waals surface area contributed by atoms with Crippen LogP contribution < -0.4 is 25.0 Å². The van der Waals surface area contributed by atoms with Gasteiger partial charge in [-0.15, -0.1) is 0 Å². The van der Waals surface area contributed by atoms with E-state index in [1.54, 1.807) is 48.5 Å². The molecule has 3 aromatic carbocycles. The molecule has 0 spiro atoms. The van der Waals surface area contributed by atoms with Gasteiger partial charge in [-0.3, -0.25) is 9.59 Å². The number of carbonyl (C=O) groups is 3. The van der Waals surface area contributed by atoms with Crippen LogP contribution in [0.25, 0.3) is 0 Å². The van der Waals surface area contributed by atoms with Crippen LogP contribution in [0.4, 0.5) is 5.69 Å². The van der Waals surface area contributed by atoms with E-state index in [4.69, 9.17) is 14.2 Å². The van der Waals surface area contributed by atoms with Gasteiger partial charge < -0.3 is 19.5 Å². The fourth-order valence-corrected chi connectivity index (χ4v) is 2.96. The lowest BCUT2D eigenvalue weighted by molar-refractivity contribution is -0.136. The second-order valence-corrected chi connectivity index (χ2v) is 7.23. The van der Waals surface area contributed by atoms with E-state index in [2.05, 4.69) is 15.8 Å². The van der Waals surface area contributed by atoms with E-state index >= 15 is 0 Å². The Balaban J connectivity index is 1.58. The van der Waals surface area contributed by atoms with Crippen molar-refractivity contribution >= 4 is 29.7 Å². The molecule has 3 aromatic rings. The number of nitrogens with one attached hydrogen (secondary N) is 2. The minimum absolute atomic E-state index is 0.211. The van der Waals surface area contributed by atoms with Crippen LogP contribution in [0, 0.1) is 0 Å². The van der Waals surface area contributed by atoms with Gasteiger partial charge in [-0.2, -0.15) is 5.10 Å². The summed E-state index contributed by atoms with van der Waals surface area (Å²) in [5.74, 6) is -1.20. The largest absolute Gasteiger partial charge is 0.497 e. The third kappa shape index (κ3) is 6.91. The zero-order valence-corrected chi connectivity index (χ0v) is 19.5. The average Bonchev–Trinajstić information content (AvgIpc) is 2.89. The Morgan fingerprint density at radius 1 is 0.857 bits per heavy atom. The summed E-state index contributed by atoms with van der Waals surface area (Å²) in [7, 11) is 2.97. The average molecular weight is 476 g/mol. The maximum absolute atomic E-state index is 12.4. The highest BCUT2D eigenvalue weighted by Gasteiger charge is 2.14. The highest BCUT2D eigenvalue weighted by molar-refractivity contribution is 6.39. The number of ether oxygens (including phenoxy) is 3. The minimum Gasteiger partial charge on any atom is -0.497 e. The van der Waals surface area contributed by atoms with Gasteiger partial charge in [0.15, 0.2) is 11.5 Å². The molecule has 0 aliphatic rings. The lowest BCUT2D eigenvalue weighted by atomic mass is 10.1. The standard InChI is InChI=1S/C26H25N3O6/c1-4-17-5-10-20(11-6-17)28-24(30)25(31)29-27-16-18-7-14-22(23(15-18)34-3)35-26(32)19-8-12-21(33-2)13-9-19/h5-16H,4H2,1-3H3,(H,28,30)(H,29,31)/b27-16-. The van der Waals surface area contributed by atoms with Crippen molar-refractivity contribution in [3.63, 3.8) is 0 Å². The predicted molar refractivity (Wildman–Crippen MR) is 131 cm³/mol. The molecule has 0 bridgehead atoms. The van der Waals surface area contributed by atoms with E-state index < -0.39 is 17.8 Å². The molecule has 2 amide bonds. The lowest BCUT2D eigenvalue weighted by Crippen LogP contribution is -2.32. The number of esters is 1. The Morgan fingerprint density at radius 3 is 2.20 bits per heavy atom. The van der Waals surface area contributed by atoms with E-state index in [0.29, 0.717) is 22.6 Å². The van der Waals surface area contributed by atoms with Gasteiger partial charge in [0.1, 0.15) is 5.75 Å². The van der Waals surface area contributed by atoms with Crippen LogP contribution in [-0.2, 0) is 16.0 Å². The van der Waals surface area contributed by atoms with E-state index in [9.17, 15) is 14.4 Å². The zero-order valence-electron chi connectivity index (χ0n) is 19.5. The van der Waals surface area contributed by atoms with Crippen molar-refractivity contribution in [3.05, 3.63) is 83.4 Å². The van der Waals surface area contributed by atoms with Crippen molar-refractivity contribution in [2.24, 2.45) is 5.10 Å². The number of aryl methyl sites for hydroxylation is 1. The molecule has 35 heavy (non-hydrogen) atoms. The molecule has 0 heterocycles. The second-order valence-electron chi connectivity index (χ2n) is 7.23. The molecule has 0 saturated carbocycles. The summed E-state index contributed by atoms with van der Waals surface area (Å²) in [6.45, 7) is 2.03. The van der Waals surface area contributed by atoms with E-state index in [1.807, 2.05) is 19.1 Å². The summed E-state index contributed by atoms with van der Waals surface area (Å²) in [4.78, 5) is 36.5. The van der Waals surface area contributed by atoms with Crippen LogP contribution in [0.5, 0.6) is 17.2 Å². The summed E-state index contributed by atoms with van der Waals surface area (Å²) < 4.78 is 15.8. The van der Waals surface area contributed by atoms with Gasteiger partial charge in [0, 0.05) is 5.69 Å². The smallest absolute Gasteiger partial charge is 0.343 e. The van der Waals surface area contributed by atoms with Gasteiger partial charge in [0.2, 0.25) is 0 Å². The number of hydrogen-bond acceptors (Lipinski definition) is 7. The number of carbonyl (C=O) groups excluding carboxylic acids is 3. The van der Waals surface area contributed by atoms with Crippen molar-refractivity contribution in [2.45, 2.75) is 13.3 Å². The molecule has 0 saturated heterocycles. The fraction of sp³-hybridized carbons (Fsp3) is 0.154. The topological polar surface area (TPSA) is 115 Å². The number of nitrogens with zero attached hydrogens (tertiary/aromatic N) is 1. The first-order valence-electron chi connectivity index (χ1n) is 10.7. The van der Waals surface area contributed by atoms with Crippen LogP contribution in [0.15, 0.2) is 71.8 Å². The minimum atomic E-state index is -0.919. The predicted octanol–water partition coefficient (Wildman–Crippen LogP) is 3.57. The Bertz CT molecular complexity index is 1220. The quantitative estimate of drug-likeness (QED) is 0.169. The highest BCUT2D eigenvalue weighted by Crippen LogP contribution is 2.28. The van der Waals surface area contributed by atoms with Crippen molar-refractivity contribution in [3.8, 4) is 17.2 Å². The molecule has 0 aromatic heterocycles. The third-order valence-electron chi connectivity index (χ3n) is 4.92. The molecule has 3 rings (SSSR count). The van der Waals surface area contributed by atoms with Crippen molar-refractivity contribution in [1.82, 2.24) is 5.43 Å². The van der Waals surface area contributed by atoms with Crippen LogP contribution >= 0.6 is 0 Å². The molecule has 0 aliphatic heterocycles. The van der Waals surface area contributed by atoms with Gasteiger partial charge in [-0.05, 0) is 72.1 Å². The Hall–Kier alpha value is -4.66. The van der Waals surface area contributed by atoms with E-state index in [-0.39, 0.29) is 11.5 Å². The second kappa shape index (κ2) is 12.0. The Kier molecular flexibility index (Phi) is 8.55. The first-order valence-corrected chi connectivity index (χ1v) is 10.7. The van der Waals surface area contributed by atoms with Gasteiger partial charge in [0.05, 0.1) is 26.0 Å². The lowest BCUT2D eigenvalue weighted by Gasteiger charge is -2.10. The number of hydrogen-bond donors (Lipinski definition) is 2.